The number of nitrogens with one attached hydrogen (secondary N) is 1. The highest BCUT2D eigenvalue weighted by Crippen LogP contribution is 2.35. The second kappa shape index (κ2) is 8.20. The lowest BCUT2D eigenvalue weighted by Crippen LogP contribution is -2.55. The van der Waals surface area contributed by atoms with Gasteiger partial charge in [0.25, 0.3) is 5.56 Å². The number of hydrogen-bond donors (Lipinski definition) is 1. The number of alkyl carbamates (subject to hydrolysis) is 1. The van der Waals surface area contributed by atoms with Gasteiger partial charge in [-0.05, 0) is 51.5 Å². The van der Waals surface area contributed by atoms with E-state index in [0.29, 0.717) is 26.1 Å². The average molecular weight is 404 g/mol. The Morgan fingerprint density at radius 1 is 1.21 bits per heavy atom. The summed E-state index contributed by atoms with van der Waals surface area (Å²) in [5, 5.41) is 2.79. The molecule has 0 spiro atoms. The zero-order chi connectivity index (χ0) is 21.3. The number of pyridine rings is 1. The number of ether oxygens (including phenoxy) is 1. The van der Waals surface area contributed by atoms with Crippen molar-refractivity contribution >= 4 is 12.0 Å². The topological polar surface area (TPSA) is 80.6 Å². The van der Waals surface area contributed by atoms with Crippen molar-refractivity contribution < 1.29 is 14.3 Å². The normalized spacial score (nSPS) is 22.1. The van der Waals surface area contributed by atoms with Gasteiger partial charge < -0.3 is 19.5 Å². The molecule has 1 saturated heterocycles. The summed E-state index contributed by atoms with van der Waals surface area (Å²) < 4.78 is 7.22. The molecule has 2 amide bonds. The van der Waals surface area contributed by atoms with Gasteiger partial charge in [-0.1, -0.05) is 19.9 Å². The van der Waals surface area contributed by atoms with Gasteiger partial charge in [-0.25, -0.2) is 4.79 Å². The lowest BCUT2D eigenvalue weighted by molar-refractivity contribution is -0.136. The number of likely N-dealkylation sites (tertiary alicyclic amines) is 1. The van der Waals surface area contributed by atoms with Gasteiger partial charge >= 0.3 is 6.09 Å². The van der Waals surface area contributed by atoms with Crippen LogP contribution in [-0.2, 0) is 16.1 Å². The predicted octanol–water partition coefficient (Wildman–Crippen LogP) is 2.73. The van der Waals surface area contributed by atoms with Crippen molar-refractivity contribution in [2.75, 3.05) is 13.1 Å². The van der Waals surface area contributed by atoms with E-state index in [4.69, 9.17) is 4.74 Å². The van der Waals surface area contributed by atoms with Crippen LogP contribution in [0, 0.1) is 11.8 Å². The van der Waals surface area contributed by atoms with Crippen LogP contribution in [0.5, 0.6) is 0 Å². The third kappa shape index (κ3) is 5.19. The van der Waals surface area contributed by atoms with Gasteiger partial charge in [0.2, 0.25) is 5.91 Å². The van der Waals surface area contributed by atoms with Crippen LogP contribution in [0.15, 0.2) is 23.0 Å². The second-order valence-electron chi connectivity index (χ2n) is 9.77. The number of piperidine rings is 1. The van der Waals surface area contributed by atoms with Gasteiger partial charge in [-0.2, -0.15) is 0 Å². The standard InChI is InChI=1S/C22H33N3O4/c1-14(2)9-17(23-21(28)29-22(3,4)5)20(27)24-11-15-10-16(13-24)18-7-6-8-19(26)25(18)12-15/h6-8,14-17H,9-13H2,1-5H3,(H,23,28)/t15-,16+,17+/m0/s1. The first-order valence-corrected chi connectivity index (χ1v) is 10.5. The van der Waals surface area contributed by atoms with E-state index in [-0.39, 0.29) is 29.2 Å². The monoisotopic (exact) mass is 403 g/mol. The van der Waals surface area contributed by atoms with Crippen LogP contribution < -0.4 is 10.9 Å². The molecule has 160 valence electrons. The smallest absolute Gasteiger partial charge is 0.408 e. The van der Waals surface area contributed by atoms with Crippen molar-refractivity contribution in [3.05, 3.63) is 34.2 Å². The minimum absolute atomic E-state index is 0.0289. The van der Waals surface area contributed by atoms with Gasteiger partial charge in [-0.3, -0.25) is 9.59 Å². The van der Waals surface area contributed by atoms with E-state index in [2.05, 4.69) is 5.32 Å². The fourth-order valence-electron chi connectivity index (χ4n) is 4.44. The lowest BCUT2D eigenvalue weighted by Gasteiger charge is -2.43. The largest absolute Gasteiger partial charge is 0.444 e. The summed E-state index contributed by atoms with van der Waals surface area (Å²) in [6.07, 6.45) is 0.979. The first-order chi connectivity index (χ1) is 13.5. The molecule has 3 atom stereocenters. The van der Waals surface area contributed by atoms with Gasteiger partial charge in [0.05, 0.1) is 0 Å². The molecule has 3 heterocycles. The van der Waals surface area contributed by atoms with Crippen LogP contribution in [0.4, 0.5) is 4.79 Å². The molecule has 1 fully saturated rings. The fourth-order valence-corrected chi connectivity index (χ4v) is 4.44. The molecule has 2 aliphatic heterocycles. The molecule has 1 aromatic heterocycles. The lowest BCUT2D eigenvalue weighted by atomic mass is 9.82. The zero-order valence-corrected chi connectivity index (χ0v) is 18.1. The Labute approximate surface area is 172 Å². The quantitative estimate of drug-likeness (QED) is 0.838. The maximum absolute atomic E-state index is 13.3. The summed E-state index contributed by atoms with van der Waals surface area (Å²) in [4.78, 5) is 39.7. The Balaban J connectivity index is 1.75. The number of fused-ring (bicyclic) bond motifs is 4. The van der Waals surface area contributed by atoms with Crippen molar-refractivity contribution in [1.29, 1.82) is 0 Å². The van der Waals surface area contributed by atoms with Crippen LogP contribution in [0.1, 0.15) is 59.1 Å². The predicted molar refractivity (Wildman–Crippen MR) is 111 cm³/mol. The van der Waals surface area contributed by atoms with Gasteiger partial charge in [0.1, 0.15) is 11.6 Å². The van der Waals surface area contributed by atoms with E-state index in [1.807, 2.05) is 29.4 Å². The van der Waals surface area contributed by atoms with E-state index < -0.39 is 17.7 Å². The fraction of sp³-hybridized carbons (Fsp3) is 0.682. The molecule has 3 rings (SSSR count). The number of carbonyl (C=O) groups is 2. The Morgan fingerprint density at radius 3 is 2.59 bits per heavy atom. The third-order valence-corrected chi connectivity index (χ3v) is 5.49. The highest BCUT2D eigenvalue weighted by atomic mass is 16.6. The SMILES string of the molecule is CC(C)C[C@@H](NC(=O)OC(C)(C)C)C(=O)N1C[C@@H]2C[C@H](C1)c1cccc(=O)n1C2. The molecule has 0 saturated carbocycles. The molecular formula is C22H33N3O4. The van der Waals surface area contributed by atoms with Crippen molar-refractivity contribution in [3.8, 4) is 0 Å². The summed E-state index contributed by atoms with van der Waals surface area (Å²) in [5.74, 6) is 0.599. The summed E-state index contributed by atoms with van der Waals surface area (Å²) in [6, 6.07) is 4.76. The molecule has 1 aromatic rings. The second-order valence-corrected chi connectivity index (χ2v) is 9.77. The first-order valence-electron chi connectivity index (χ1n) is 10.5. The molecule has 2 aliphatic rings. The van der Waals surface area contributed by atoms with E-state index in [1.165, 1.54) is 0 Å². The molecule has 29 heavy (non-hydrogen) atoms. The van der Waals surface area contributed by atoms with Crippen LogP contribution in [-0.4, -0.2) is 46.2 Å². The number of rotatable bonds is 4. The maximum Gasteiger partial charge on any atom is 0.408 e. The zero-order valence-electron chi connectivity index (χ0n) is 18.1. The van der Waals surface area contributed by atoms with Crippen molar-refractivity contribution in [3.63, 3.8) is 0 Å². The number of carbonyl (C=O) groups excluding carboxylic acids is 2. The Morgan fingerprint density at radius 2 is 1.93 bits per heavy atom. The van der Waals surface area contributed by atoms with Gasteiger partial charge in [0.15, 0.2) is 0 Å². The molecular weight excluding hydrogens is 370 g/mol. The van der Waals surface area contributed by atoms with Crippen LogP contribution in [0.25, 0.3) is 0 Å². The van der Waals surface area contributed by atoms with Crippen LogP contribution in [0.3, 0.4) is 0 Å². The minimum atomic E-state index is -0.616. The third-order valence-electron chi connectivity index (χ3n) is 5.49. The Kier molecular flexibility index (Phi) is 6.05. The van der Waals surface area contributed by atoms with Crippen LogP contribution in [0.2, 0.25) is 0 Å². The van der Waals surface area contributed by atoms with Crippen LogP contribution >= 0.6 is 0 Å². The maximum atomic E-state index is 13.3. The summed E-state index contributed by atoms with van der Waals surface area (Å²) in [6.45, 7) is 11.3. The van der Waals surface area contributed by atoms with Gasteiger partial charge in [0, 0.05) is 37.3 Å². The van der Waals surface area contributed by atoms with E-state index in [9.17, 15) is 14.4 Å². The van der Waals surface area contributed by atoms with E-state index in [1.54, 1.807) is 32.9 Å². The molecule has 2 bridgehead atoms. The van der Waals surface area contributed by atoms with Crippen molar-refractivity contribution in [2.24, 2.45) is 11.8 Å². The first kappa shape index (κ1) is 21.4. The highest BCUT2D eigenvalue weighted by molar-refractivity contribution is 5.86. The number of hydrogen-bond acceptors (Lipinski definition) is 4. The van der Waals surface area contributed by atoms with Crippen molar-refractivity contribution in [2.45, 2.75) is 71.6 Å². The molecule has 0 radical (unpaired) electrons. The summed E-state index contributed by atoms with van der Waals surface area (Å²) >= 11 is 0. The average Bonchev–Trinajstić information content (AvgIpc) is 2.59. The number of aromatic nitrogens is 1. The highest BCUT2D eigenvalue weighted by Gasteiger charge is 2.38. The minimum Gasteiger partial charge on any atom is -0.444 e. The molecule has 0 aromatic carbocycles. The van der Waals surface area contributed by atoms with E-state index in [0.717, 1.165) is 12.1 Å². The Bertz CT molecular complexity index is 824. The molecule has 7 heteroatoms. The van der Waals surface area contributed by atoms with E-state index >= 15 is 0 Å². The van der Waals surface area contributed by atoms with Gasteiger partial charge in [-0.15, -0.1) is 0 Å². The molecule has 1 N–H and O–H groups in total. The summed E-state index contributed by atoms with van der Waals surface area (Å²) in [5.41, 5.74) is 0.419. The molecule has 7 nitrogen and oxygen atoms in total. The Hall–Kier alpha value is -2.31. The molecule has 0 aliphatic carbocycles. The molecule has 0 unspecified atom stereocenters. The summed E-state index contributed by atoms with van der Waals surface area (Å²) in [7, 11) is 0. The number of amides is 2. The van der Waals surface area contributed by atoms with Crippen molar-refractivity contribution in [1.82, 2.24) is 14.8 Å². The number of nitrogens with zero attached hydrogens (tertiary/aromatic N) is 2.